The van der Waals surface area contributed by atoms with Crippen molar-refractivity contribution < 1.29 is 40.0 Å². The normalized spacial score (nSPS) is 20.6. The zero-order valence-electron chi connectivity index (χ0n) is 29.6. The Morgan fingerprint density at radius 2 is 1.72 bits per heavy atom. The van der Waals surface area contributed by atoms with E-state index in [-0.39, 0.29) is 30.4 Å². The quantitative estimate of drug-likeness (QED) is 0.138. The number of piperidine rings is 1. The van der Waals surface area contributed by atoms with Gasteiger partial charge in [0.1, 0.15) is 18.1 Å². The van der Waals surface area contributed by atoms with Gasteiger partial charge in [-0.1, -0.05) is 42.8 Å². The molecule has 1 fully saturated rings. The van der Waals surface area contributed by atoms with Crippen molar-refractivity contribution in [1.29, 1.82) is 0 Å². The lowest BCUT2D eigenvalue weighted by atomic mass is 9.82. The SMILES string of the molecule is CC[C@H](C[C@H]1C[C@H](c2ccc(OC)cc2)[C@@H](OCc2ccc3c(c2)N(CCCOC)CCO3)CN1S(=O)(=O)c1ccc(C)cc1)OS(C)(=O)=O. The predicted octanol–water partition coefficient (Wildman–Crippen LogP) is 5.52. The molecule has 3 aromatic carbocycles. The number of rotatable bonds is 16. The molecule has 3 aromatic rings. The van der Waals surface area contributed by atoms with Gasteiger partial charge in [0.25, 0.3) is 10.1 Å². The van der Waals surface area contributed by atoms with E-state index in [4.69, 9.17) is 23.1 Å². The van der Waals surface area contributed by atoms with Crippen molar-refractivity contribution in [3.05, 3.63) is 83.4 Å². The van der Waals surface area contributed by atoms with Crippen LogP contribution in [0.2, 0.25) is 0 Å². The Balaban J connectivity index is 1.48. The molecule has 4 atom stereocenters. The fourth-order valence-corrected chi connectivity index (χ4v) is 9.18. The van der Waals surface area contributed by atoms with E-state index in [1.54, 1.807) is 38.5 Å². The first-order valence-electron chi connectivity index (χ1n) is 17.1. The molecule has 0 bridgehead atoms. The number of aryl methyl sites for hydroxylation is 1. The van der Waals surface area contributed by atoms with Crippen LogP contribution in [-0.4, -0.2) is 92.7 Å². The number of nitrogens with zero attached hydrogens (tertiary/aromatic N) is 2. The number of hydrogen-bond donors (Lipinski definition) is 0. The summed E-state index contributed by atoms with van der Waals surface area (Å²) in [5.74, 6) is 1.34. The van der Waals surface area contributed by atoms with Crippen LogP contribution in [0.5, 0.6) is 11.5 Å². The van der Waals surface area contributed by atoms with Gasteiger partial charge in [-0.05, 0) is 80.1 Å². The van der Waals surface area contributed by atoms with E-state index in [0.717, 1.165) is 53.9 Å². The highest BCUT2D eigenvalue weighted by Crippen LogP contribution is 2.40. The highest BCUT2D eigenvalue weighted by Gasteiger charge is 2.44. The number of anilines is 1. The van der Waals surface area contributed by atoms with Gasteiger partial charge in [-0.3, -0.25) is 4.18 Å². The first kappa shape index (κ1) is 38.0. The van der Waals surface area contributed by atoms with Crippen molar-refractivity contribution in [2.45, 2.75) is 75.2 Å². The largest absolute Gasteiger partial charge is 0.497 e. The third-order valence-corrected chi connectivity index (χ3v) is 12.0. The monoisotopic (exact) mass is 730 g/mol. The number of sulfonamides is 1. The van der Waals surface area contributed by atoms with Crippen LogP contribution in [0.3, 0.4) is 0 Å². The van der Waals surface area contributed by atoms with Crippen LogP contribution in [0.4, 0.5) is 5.69 Å². The summed E-state index contributed by atoms with van der Waals surface area (Å²) in [4.78, 5) is 2.47. The Morgan fingerprint density at radius 3 is 2.38 bits per heavy atom. The molecule has 13 heteroatoms. The molecule has 0 radical (unpaired) electrons. The van der Waals surface area contributed by atoms with Crippen LogP contribution in [0.1, 0.15) is 55.2 Å². The van der Waals surface area contributed by atoms with Crippen molar-refractivity contribution in [1.82, 2.24) is 4.31 Å². The lowest BCUT2D eigenvalue weighted by Gasteiger charge is -2.44. The van der Waals surface area contributed by atoms with Gasteiger partial charge in [-0.2, -0.15) is 12.7 Å². The van der Waals surface area contributed by atoms with E-state index in [9.17, 15) is 16.8 Å². The third kappa shape index (κ3) is 9.56. The molecule has 0 amide bonds. The van der Waals surface area contributed by atoms with Crippen LogP contribution < -0.4 is 14.4 Å². The lowest BCUT2D eigenvalue weighted by Crippen LogP contribution is -2.53. The molecule has 2 aliphatic heterocycles. The minimum Gasteiger partial charge on any atom is -0.497 e. The van der Waals surface area contributed by atoms with Crippen LogP contribution in [-0.2, 0) is 40.4 Å². The summed E-state index contributed by atoms with van der Waals surface area (Å²) in [6.45, 7) is 6.98. The van der Waals surface area contributed by atoms with E-state index in [1.165, 1.54) is 4.31 Å². The number of fused-ring (bicyclic) bond motifs is 1. The molecule has 1 saturated heterocycles. The molecule has 0 unspecified atom stereocenters. The average molecular weight is 731 g/mol. The number of benzene rings is 3. The van der Waals surface area contributed by atoms with Crippen molar-refractivity contribution >= 4 is 25.8 Å². The standard InChI is InChI=1S/C37H50N2O9S2/c1-6-31(48-49(5,40)41)23-30-24-34(29-11-13-32(45-4)14-12-29)37(25-39(30)50(42,43)33-15-8-27(2)9-16-33)47-26-28-10-17-36-35(22-28)38(19-21-46-36)18-7-20-44-3/h8-17,22,30-31,34,37H,6-7,18-21,23-26H2,1-5H3/t30-,31+,34+,37-/m0/s1. The molecular formula is C37H50N2O9S2. The predicted molar refractivity (Wildman–Crippen MR) is 193 cm³/mol. The van der Waals surface area contributed by atoms with E-state index in [1.807, 2.05) is 50.2 Å². The van der Waals surface area contributed by atoms with E-state index in [0.29, 0.717) is 31.8 Å². The maximum absolute atomic E-state index is 14.4. The molecule has 274 valence electrons. The molecule has 5 rings (SSSR count). The maximum atomic E-state index is 14.4. The Kier molecular flexibility index (Phi) is 12.8. The summed E-state index contributed by atoms with van der Waals surface area (Å²) in [6, 6.07) is 20.0. The van der Waals surface area contributed by atoms with Crippen LogP contribution in [0, 0.1) is 6.92 Å². The van der Waals surface area contributed by atoms with Crippen molar-refractivity contribution in [2.24, 2.45) is 0 Å². The van der Waals surface area contributed by atoms with Crippen LogP contribution in [0.25, 0.3) is 0 Å². The van der Waals surface area contributed by atoms with Gasteiger partial charge in [0.05, 0.1) is 49.3 Å². The van der Waals surface area contributed by atoms with Gasteiger partial charge >= 0.3 is 0 Å². The second-order valence-electron chi connectivity index (χ2n) is 13.1. The third-order valence-electron chi connectivity index (χ3n) is 9.44. The molecular weight excluding hydrogens is 681 g/mol. The molecule has 0 aromatic heterocycles. The second-order valence-corrected chi connectivity index (χ2v) is 16.5. The molecule has 11 nitrogen and oxygen atoms in total. The van der Waals surface area contributed by atoms with Crippen molar-refractivity contribution in [3.63, 3.8) is 0 Å². The average Bonchev–Trinajstić information content (AvgIpc) is 3.10. The summed E-state index contributed by atoms with van der Waals surface area (Å²) in [7, 11) is -4.44. The maximum Gasteiger partial charge on any atom is 0.264 e. The topological polar surface area (TPSA) is 121 Å². The van der Waals surface area contributed by atoms with Gasteiger partial charge in [0, 0.05) is 38.8 Å². The first-order chi connectivity index (χ1) is 23.9. The summed E-state index contributed by atoms with van der Waals surface area (Å²) >= 11 is 0. The van der Waals surface area contributed by atoms with Gasteiger partial charge in [-0.25, -0.2) is 8.42 Å². The fraction of sp³-hybridized carbons (Fsp3) is 0.514. The Bertz CT molecular complexity index is 1770. The van der Waals surface area contributed by atoms with E-state index in [2.05, 4.69) is 11.0 Å². The molecule has 50 heavy (non-hydrogen) atoms. The van der Waals surface area contributed by atoms with E-state index < -0.39 is 38.4 Å². The molecule has 0 spiro atoms. The summed E-state index contributed by atoms with van der Waals surface area (Å²) in [5.41, 5.74) is 3.87. The number of ether oxygens (including phenoxy) is 4. The highest BCUT2D eigenvalue weighted by molar-refractivity contribution is 7.89. The van der Waals surface area contributed by atoms with Crippen LogP contribution in [0.15, 0.2) is 71.6 Å². The molecule has 0 aliphatic carbocycles. The second kappa shape index (κ2) is 16.9. The minimum atomic E-state index is -3.99. The van der Waals surface area contributed by atoms with Gasteiger partial charge in [0.2, 0.25) is 10.0 Å². The summed E-state index contributed by atoms with van der Waals surface area (Å²) < 4.78 is 83.4. The summed E-state index contributed by atoms with van der Waals surface area (Å²) in [5, 5.41) is 0. The minimum absolute atomic E-state index is 0.0735. The zero-order chi connectivity index (χ0) is 35.9. The van der Waals surface area contributed by atoms with Crippen LogP contribution >= 0.6 is 0 Å². The van der Waals surface area contributed by atoms with Gasteiger partial charge in [0.15, 0.2) is 0 Å². The number of hydrogen-bond acceptors (Lipinski definition) is 10. The first-order valence-corrected chi connectivity index (χ1v) is 20.4. The lowest BCUT2D eigenvalue weighted by molar-refractivity contribution is -0.0250. The molecule has 0 saturated carbocycles. The Hall–Kier alpha value is -3.20. The smallest absolute Gasteiger partial charge is 0.264 e. The molecule has 2 aliphatic rings. The fourth-order valence-electron chi connectivity index (χ4n) is 6.81. The highest BCUT2D eigenvalue weighted by atomic mass is 32.2. The summed E-state index contributed by atoms with van der Waals surface area (Å²) in [6.07, 6.45) is 1.72. The van der Waals surface area contributed by atoms with Crippen molar-refractivity contribution in [2.75, 3.05) is 58.2 Å². The van der Waals surface area contributed by atoms with Gasteiger partial charge in [-0.15, -0.1) is 0 Å². The Morgan fingerprint density at radius 1 is 0.980 bits per heavy atom. The zero-order valence-corrected chi connectivity index (χ0v) is 31.2. The van der Waals surface area contributed by atoms with E-state index >= 15 is 0 Å². The van der Waals surface area contributed by atoms with Gasteiger partial charge < -0.3 is 23.8 Å². The number of methoxy groups -OCH3 is 2. The Labute approximate surface area is 297 Å². The molecule has 2 heterocycles. The van der Waals surface area contributed by atoms with Crippen molar-refractivity contribution in [3.8, 4) is 11.5 Å². The molecule has 0 N–H and O–H groups in total.